The predicted octanol–water partition coefficient (Wildman–Crippen LogP) is 3.47. The number of carbonyl (C=O) groups is 1. The molecular weight excluding hydrogens is 312 g/mol. The van der Waals surface area contributed by atoms with Gasteiger partial charge in [-0.2, -0.15) is 0 Å². The molecule has 1 aromatic carbocycles. The lowest BCUT2D eigenvalue weighted by Crippen LogP contribution is -2.36. The molecule has 1 atom stereocenters. The molecular formula is C21H34N2O2. The molecule has 0 radical (unpaired) electrons. The summed E-state index contributed by atoms with van der Waals surface area (Å²) in [7, 11) is 1.73. The summed E-state index contributed by atoms with van der Waals surface area (Å²) < 4.78 is 5.14. The first kappa shape index (κ1) is 19.9. The van der Waals surface area contributed by atoms with Gasteiger partial charge in [-0.3, -0.25) is 4.79 Å². The van der Waals surface area contributed by atoms with E-state index in [-0.39, 0.29) is 0 Å². The van der Waals surface area contributed by atoms with Crippen molar-refractivity contribution in [3.05, 3.63) is 35.9 Å². The lowest BCUT2D eigenvalue weighted by Gasteiger charge is -2.30. The number of nitrogens with zero attached hydrogens (tertiary/aromatic N) is 1. The van der Waals surface area contributed by atoms with Crippen LogP contribution in [0.1, 0.15) is 44.6 Å². The van der Waals surface area contributed by atoms with Gasteiger partial charge in [-0.05, 0) is 56.2 Å². The summed E-state index contributed by atoms with van der Waals surface area (Å²) in [4.78, 5) is 15.0. The minimum absolute atomic E-state index is 0.298. The van der Waals surface area contributed by atoms with E-state index in [1.165, 1.54) is 18.4 Å². The fraction of sp³-hybridized carbons (Fsp3) is 0.667. The van der Waals surface area contributed by atoms with E-state index in [9.17, 15) is 4.79 Å². The molecule has 4 nitrogen and oxygen atoms in total. The quantitative estimate of drug-likeness (QED) is 0.660. The molecule has 0 bridgehead atoms. The molecule has 1 aliphatic heterocycles. The Balaban J connectivity index is 1.90. The third-order valence-electron chi connectivity index (χ3n) is 5.28. The second kappa shape index (κ2) is 11.3. The zero-order chi connectivity index (χ0) is 17.9. The highest BCUT2D eigenvalue weighted by molar-refractivity contribution is 5.76. The van der Waals surface area contributed by atoms with Crippen LogP contribution in [-0.4, -0.2) is 44.2 Å². The normalized spacial score (nSPS) is 16.6. The second-order valence-electron chi connectivity index (χ2n) is 7.27. The van der Waals surface area contributed by atoms with Crippen LogP contribution in [0.4, 0.5) is 0 Å². The van der Waals surface area contributed by atoms with Gasteiger partial charge in [-0.1, -0.05) is 37.3 Å². The zero-order valence-corrected chi connectivity index (χ0v) is 15.9. The van der Waals surface area contributed by atoms with E-state index >= 15 is 0 Å². The lowest BCUT2D eigenvalue weighted by atomic mass is 9.84. The zero-order valence-electron chi connectivity index (χ0n) is 15.9. The molecule has 0 spiro atoms. The first-order chi connectivity index (χ1) is 12.2. The fourth-order valence-corrected chi connectivity index (χ4v) is 3.63. The largest absolute Gasteiger partial charge is 0.385 e. The molecule has 140 valence electrons. The summed E-state index contributed by atoms with van der Waals surface area (Å²) in [6, 6.07) is 10.3. The summed E-state index contributed by atoms with van der Waals surface area (Å²) in [5.74, 6) is 1.44. The van der Waals surface area contributed by atoms with Crippen molar-refractivity contribution in [2.24, 2.45) is 11.8 Å². The maximum absolute atomic E-state index is 12.9. The first-order valence-corrected chi connectivity index (χ1v) is 9.72. The highest BCUT2D eigenvalue weighted by Gasteiger charge is 2.24. The smallest absolute Gasteiger partial charge is 0.223 e. The van der Waals surface area contributed by atoms with Gasteiger partial charge in [0, 0.05) is 33.2 Å². The van der Waals surface area contributed by atoms with Gasteiger partial charge in [-0.15, -0.1) is 0 Å². The number of hydrogen-bond donors (Lipinski definition) is 1. The molecule has 1 N–H and O–H groups in total. The molecule has 2 rings (SSSR count). The van der Waals surface area contributed by atoms with E-state index in [0.717, 1.165) is 39.1 Å². The Hall–Kier alpha value is -1.39. The monoisotopic (exact) mass is 346 g/mol. The number of nitrogens with one attached hydrogen (secondary N) is 1. The molecule has 1 aromatic rings. The average molecular weight is 347 g/mol. The van der Waals surface area contributed by atoms with Gasteiger partial charge in [0.05, 0.1) is 0 Å². The van der Waals surface area contributed by atoms with Crippen LogP contribution >= 0.6 is 0 Å². The summed E-state index contributed by atoms with van der Waals surface area (Å²) in [6.07, 6.45) is 5.05. The minimum atomic E-state index is 0.298. The highest BCUT2D eigenvalue weighted by Crippen LogP contribution is 2.25. The third kappa shape index (κ3) is 7.17. The van der Waals surface area contributed by atoms with E-state index in [1.54, 1.807) is 7.11 Å². The minimum Gasteiger partial charge on any atom is -0.385 e. The number of unbranched alkanes of at least 4 members (excludes halogenated alkanes) is 1. The topological polar surface area (TPSA) is 41.6 Å². The Morgan fingerprint density at radius 3 is 2.64 bits per heavy atom. The summed E-state index contributed by atoms with van der Waals surface area (Å²) in [5.41, 5.74) is 1.21. The molecule has 1 unspecified atom stereocenters. The van der Waals surface area contributed by atoms with Crippen LogP contribution < -0.4 is 5.32 Å². The van der Waals surface area contributed by atoms with E-state index in [1.807, 2.05) is 23.1 Å². The van der Waals surface area contributed by atoms with Crippen LogP contribution in [0.15, 0.2) is 30.3 Å². The number of amides is 1. The molecule has 0 aromatic heterocycles. The number of carbonyl (C=O) groups excluding carboxylic acids is 1. The van der Waals surface area contributed by atoms with Crippen LogP contribution in [0.25, 0.3) is 0 Å². The standard InChI is InChI=1S/C21H34N2O2/c1-18(20-10-12-22-13-11-20)16-21(24)23(14-6-7-15-25-2)17-19-8-4-3-5-9-19/h3-5,8-9,18,20,22H,6-7,10-17H2,1-2H3. The number of piperidine rings is 1. The van der Waals surface area contributed by atoms with E-state index in [0.29, 0.717) is 30.7 Å². The summed E-state index contributed by atoms with van der Waals surface area (Å²) in [5, 5.41) is 3.41. The fourth-order valence-electron chi connectivity index (χ4n) is 3.63. The van der Waals surface area contributed by atoms with Crippen LogP contribution in [-0.2, 0) is 16.1 Å². The molecule has 1 fully saturated rings. The molecule has 1 heterocycles. The van der Waals surface area contributed by atoms with Crippen molar-refractivity contribution in [1.82, 2.24) is 10.2 Å². The molecule has 1 aliphatic rings. The van der Waals surface area contributed by atoms with Gasteiger partial charge < -0.3 is 15.0 Å². The Morgan fingerprint density at radius 2 is 1.96 bits per heavy atom. The number of ether oxygens (including phenoxy) is 1. The van der Waals surface area contributed by atoms with Crippen molar-refractivity contribution < 1.29 is 9.53 Å². The predicted molar refractivity (Wildman–Crippen MR) is 102 cm³/mol. The molecule has 0 aliphatic carbocycles. The Morgan fingerprint density at radius 1 is 1.24 bits per heavy atom. The van der Waals surface area contributed by atoms with Crippen LogP contribution in [0.3, 0.4) is 0 Å². The van der Waals surface area contributed by atoms with Gasteiger partial charge >= 0.3 is 0 Å². The molecule has 0 saturated carbocycles. The average Bonchev–Trinajstić information content (AvgIpc) is 2.65. The number of hydrogen-bond acceptors (Lipinski definition) is 3. The van der Waals surface area contributed by atoms with Crippen molar-refractivity contribution in [3.8, 4) is 0 Å². The van der Waals surface area contributed by atoms with E-state index in [2.05, 4.69) is 24.4 Å². The molecule has 25 heavy (non-hydrogen) atoms. The van der Waals surface area contributed by atoms with Gasteiger partial charge in [0.15, 0.2) is 0 Å². The second-order valence-corrected chi connectivity index (χ2v) is 7.27. The number of methoxy groups -OCH3 is 1. The van der Waals surface area contributed by atoms with Crippen LogP contribution in [0.2, 0.25) is 0 Å². The Bertz CT molecular complexity index is 486. The molecule has 1 amide bonds. The lowest BCUT2D eigenvalue weighted by molar-refractivity contribution is -0.133. The Kier molecular flexibility index (Phi) is 8.98. The van der Waals surface area contributed by atoms with Crippen molar-refractivity contribution in [3.63, 3.8) is 0 Å². The number of benzene rings is 1. The third-order valence-corrected chi connectivity index (χ3v) is 5.28. The maximum atomic E-state index is 12.9. The molecule has 4 heteroatoms. The van der Waals surface area contributed by atoms with Crippen molar-refractivity contribution in [2.45, 2.75) is 45.6 Å². The summed E-state index contributed by atoms with van der Waals surface area (Å²) >= 11 is 0. The number of rotatable bonds is 10. The van der Waals surface area contributed by atoms with Crippen molar-refractivity contribution >= 4 is 5.91 Å². The van der Waals surface area contributed by atoms with Gasteiger partial charge in [0.1, 0.15) is 0 Å². The Labute approximate surface area is 152 Å². The van der Waals surface area contributed by atoms with Gasteiger partial charge in [0.2, 0.25) is 5.91 Å². The van der Waals surface area contributed by atoms with Crippen molar-refractivity contribution in [1.29, 1.82) is 0 Å². The van der Waals surface area contributed by atoms with E-state index in [4.69, 9.17) is 4.74 Å². The summed E-state index contributed by atoms with van der Waals surface area (Å²) in [6.45, 7) is 6.72. The maximum Gasteiger partial charge on any atom is 0.223 e. The van der Waals surface area contributed by atoms with Gasteiger partial charge in [-0.25, -0.2) is 0 Å². The highest BCUT2D eigenvalue weighted by atomic mass is 16.5. The van der Waals surface area contributed by atoms with Crippen molar-refractivity contribution in [2.75, 3.05) is 33.4 Å². The first-order valence-electron chi connectivity index (χ1n) is 9.72. The van der Waals surface area contributed by atoms with Gasteiger partial charge in [0.25, 0.3) is 0 Å². The molecule has 1 saturated heterocycles. The van der Waals surface area contributed by atoms with Crippen LogP contribution in [0, 0.1) is 11.8 Å². The van der Waals surface area contributed by atoms with E-state index < -0.39 is 0 Å². The SMILES string of the molecule is COCCCCN(Cc1ccccc1)C(=O)CC(C)C1CCNCC1. The van der Waals surface area contributed by atoms with Crippen LogP contribution in [0.5, 0.6) is 0 Å².